The lowest BCUT2D eigenvalue weighted by Gasteiger charge is -2.31. The van der Waals surface area contributed by atoms with Crippen molar-refractivity contribution in [2.75, 3.05) is 14.7 Å². The van der Waals surface area contributed by atoms with Gasteiger partial charge in [-0.05, 0) is 144 Å². The maximum absolute atomic E-state index is 2.41. The minimum absolute atomic E-state index is 1.03. The number of anilines is 9. The zero-order chi connectivity index (χ0) is 46.6. The summed E-state index contributed by atoms with van der Waals surface area (Å²) in [6, 6.07) is 104. The number of nitrogens with zero attached hydrogens (tertiary/aromatic N) is 4. The van der Waals surface area contributed by atoms with E-state index in [-0.39, 0.29) is 0 Å². The highest BCUT2D eigenvalue weighted by Gasteiger charge is 2.23. The van der Waals surface area contributed by atoms with Crippen molar-refractivity contribution in [1.82, 2.24) is 4.57 Å². The van der Waals surface area contributed by atoms with Crippen LogP contribution in [-0.4, -0.2) is 4.57 Å². The van der Waals surface area contributed by atoms with E-state index in [0.717, 1.165) is 67.9 Å². The fourth-order valence-corrected chi connectivity index (χ4v) is 9.96. The van der Waals surface area contributed by atoms with Crippen molar-refractivity contribution in [3.63, 3.8) is 0 Å². The Bertz CT molecular complexity index is 3480. The first kappa shape index (κ1) is 42.0. The summed E-state index contributed by atoms with van der Waals surface area (Å²) < 4.78 is 2.41. The van der Waals surface area contributed by atoms with E-state index in [1.165, 1.54) is 33.0 Å². The quantitative estimate of drug-likeness (QED) is 0.121. The first-order chi connectivity index (χ1) is 34.7. The van der Waals surface area contributed by atoms with Gasteiger partial charge in [-0.15, -0.1) is 0 Å². The number of hydrogen-bond acceptors (Lipinski definition) is 3. The first-order valence-corrected chi connectivity index (χ1v) is 23.8. The first-order valence-electron chi connectivity index (χ1n) is 23.8. The molecular formula is C66H48N4. The predicted octanol–water partition coefficient (Wildman–Crippen LogP) is 18.5. The molecule has 0 N–H and O–H groups in total. The molecule has 4 nitrogen and oxygen atoms in total. The number of hydrogen-bond donors (Lipinski definition) is 0. The summed E-state index contributed by atoms with van der Waals surface area (Å²) in [4.78, 5) is 7.07. The Morgan fingerprint density at radius 2 is 0.586 bits per heavy atom. The van der Waals surface area contributed by atoms with Gasteiger partial charge in [0.05, 0.1) is 11.0 Å². The molecule has 0 bridgehead atoms. The van der Waals surface area contributed by atoms with E-state index >= 15 is 0 Å². The number of aromatic nitrogens is 1. The second-order valence-electron chi connectivity index (χ2n) is 17.4. The van der Waals surface area contributed by atoms with Crippen molar-refractivity contribution in [3.05, 3.63) is 291 Å². The SMILES string of the molecule is c1ccc(-c2ccc(-c3cccc4c3c3cc(N(c5cccc(N(c6ccccc6)c6ccccc6)c5)c5cccc(N(c6ccccc6)c6ccccc6)c5)ccc3n4-c3ccccc3)cc2)cc1. The third-order valence-corrected chi connectivity index (χ3v) is 13.1. The Hall–Kier alpha value is -9.38. The molecule has 12 aromatic rings. The molecule has 0 radical (unpaired) electrons. The van der Waals surface area contributed by atoms with E-state index in [2.05, 4.69) is 310 Å². The molecule has 332 valence electrons. The van der Waals surface area contributed by atoms with Crippen molar-refractivity contribution in [1.29, 1.82) is 0 Å². The Balaban J connectivity index is 1.09. The fraction of sp³-hybridized carbons (Fsp3) is 0. The van der Waals surface area contributed by atoms with Gasteiger partial charge in [0.25, 0.3) is 0 Å². The van der Waals surface area contributed by atoms with Gasteiger partial charge in [-0.25, -0.2) is 0 Å². The molecule has 0 fully saturated rings. The highest BCUT2D eigenvalue weighted by Crippen LogP contribution is 2.46. The molecule has 0 atom stereocenters. The molecule has 1 heterocycles. The molecule has 0 saturated carbocycles. The summed E-state index contributed by atoms with van der Waals surface area (Å²) in [5.41, 5.74) is 17.7. The number of benzene rings is 11. The zero-order valence-electron chi connectivity index (χ0n) is 38.5. The van der Waals surface area contributed by atoms with Crippen molar-refractivity contribution in [2.45, 2.75) is 0 Å². The van der Waals surface area contributed by atoms with Gasteiger partial charge in [-0.1, -0.05) is 170 Å². The maximum Gasteiger partial charge on any atom is 0.0547 e. The molecule has 0 amide bonds. The normalized spacial score (nSPS) is 11.1. The lowest BCUT2D eigenvalue weighted by atomic mass is 9.96. The fourth-order valence-electron chi connectivity index (χ4n) is 9.96. The van der Waals surface area contributed by atoms with E-state index in [1.807, 2.05) is 0 Å². The molecule has 0 spiro atoms. The predicted molar refractivity (Wildman–Crippen MR) is 296 cm³/mol. The third-order valence-electron chi connectivity index (χ3n) is 13.1. The number of rotatable bonds is 12. The van der Waals surface area contributed by atoms with Crippen LogP contribution in [0.2, 0.25) is 0 Å². The molecule has 4 heteroatoms. The van der Waals surface area contributed by atoms with Crippen molar-refractivity contribution in [2.24, 2.45) is 0 Å². The van der Waals surface area contributed by atoms with Crippen LogP contribution in [0.3, 0.4) is 0 Å². The van der Waals surface area contributed by atoms with Crippen LogP contribution < -0.4 is 14.7 Å². The van der Waals surface area contributed by atoms with Gasteiger partial charge in [0.15, 0.2) is 0 Å². The number of fused-ring (bicyclic) bond motifs is 3. The molecule has 0 aliphatic rings. The van der Waals surface area contributed by atoms with Crippen LogP contribution in [-0.2, 0) is 0 Å². The van der Waals surface area contributed by atoms with E-state index in [4.69, 9.17) is 0 Å². The minimum atomic E-state index is 1.03. The highest BCUT2D eigenvalue weighted by atomic mass is 15.2. The molecule has 12 rings (SSSR count). The van der Waals surface area contributed by atoms with Crippen molar-refractivity contribution in [3.8, 4) is 27.9 Å². The average Bonchev–Trinajstić information content (AvgIpc) is 3.77. The van der Waals surface area contributed by atoms with Gasteiger partial charge in [-0.2, -0.15) is 0 Å². The second-order valence-corrected chi connectivity index (χ2v) is 17.4. The Labute approximate surface area is 409 Å². The molecule has 0 aliphatic carbocycles. The van der Waals surface area contributed by atoms with Gasteiger partial charge in [-0.3, -0.25) is 0 Å². The maximum atomic E-state index is 2.41. The Kier molecular flexibility index (Phi) is 11.2. The highest BCUT2D eigenvalue weighted by molar-refractivity contribution is 6.17. The molecular weight excluding hydrogens is 849 g/mol. The molecule has 11 aromatic carbocycles. The largest absolute Gasteiger partial charge is 0.310 e. The standard InChI is InChI=1S/C66H48N4/c1-7-22-49(23-8-1)50-40-42-51(43-41-50)62-38-21-39-65-66(62)63-48-61(44-45-64(63)70(65)56-32-17-6-18-33-56)69(59-36-19-34-57(46-59)67(52-24-9-2-10-25-52)53-26-11-3-12-27-53)60-37-20-35-58(47-60)68(54-28-13-4-14-29-54)55-30-15-5-16-31-55/h1-48H. The van der Waals surface area contributed by atoms with Crippen LogP contribution in [0.15, 0.2) is 291 Å². The summed E-state index contributed by atoms with van der Waals surface area (Å²) in [6.45, 7) is 0. The summed E-state index contributed by atoms with van der Waals surface area (Å²) in [5.74, 6) is 0. The van der Waals surface area contributed by atoms with Crippen LogP contribution in [0.4, 0.5) is 51.2 Å². The lowest BCUT2D eigenvalue weighted by Crippen LogP contribution is -2.14. The lowest BCUT2D eigenvalue weighted by molar-refractivity contribution is 1.18. The Morgan fingerprint density at radius 3 is 1.06 bits per heavy atom. The smallest absolute Gasteiger partial charge is 0.0547 e. The summed E-state index contributed by atoms with van der Waals surface area (Å²) in [6.07, 6.45) is 0. The van der Waals surface area contributed by atoms with Crippen LogP contribution in [0.1, 0.15) is 0 Å². The number of para-hydroxylation sites is 5. The van der Waals surface area contributed by atoms with E-state index in [1.54, 1.807) is 0 Å². The molecule has 70 heavy (non-hydrogen) atoms. The van der Waals surface area contributed by atoms with Crippen molar-refractivity contribution >= 4 is 73.0 Å². The molecule has 0 unspecified atom stereocenters. The van der Waals surface area contributed by atoms with Gasteiger partial charge < -0.3 is 19.3 Å². The monoisotopic (exact) mass is 896 g/mol. The van der Waals surface area contributed by atoms with E-state index < -0.39 is 0 Å². The molecule has 0 saturated heterocycles. The van der Waals surface area contributed by atoms with Gasteiger partial charge in [0.2, 0.25) is 0 Å². The average molecular weight is 897 g/mol. The summed E-state index contributed by atoms with van der Waals surface area (Å²) >= 11 is 0. The van der Waals surface area contributed by atoms with Crippen LogP contribution in [0.5, 0.6) is 0 Å². The molecule has 0 aliphatic heterocycles. The van der Waals surface area contributed by atoms with Crippen molar-refractivity contribution < 1.29 is 0 Å². The molecule has 1 aromatic heterocycles. The van der Waals surface area contributed by atoms with Crippen LogP contribution in [0, 0.1) is 0 Å². The third kappa shape index (κ3) is 8.04. The topological polar surface area (TPSA) is 14.7 Å². The van der Waals surface area contributed by atoms with E-state index in [0.29, 0.717) is 0 Å². The zero-order valence-corrected chi connectivity index (χ0v) is 38.5. The van der Waals surface area contributed by atoms with Gasteiger partial charge in [0, 0.05) is 67.6 Å². The van der Waals surface area contributed by atoms with E-state index in [9.17, 15) is 0 Å². The van der Waals surface area contributed by atoms with Crippen LogP contribution in [0.25, 0.3) is 49.7 Å². The Morgan fingerprint density at radius 1 is 0.229 bits per heavy atom. The second kappa shape index (κ2) is 18.7. The van der Waals surface area contributed by atoms with Crippen LogP contribution >= 0.6 is 0 Å². The summed E-state index contributed by atoms with van der Waals surface area (Å²) in [5, 5.41) is 2.37. The minimum Gasteiger partial charge on any atom is -0.310 e. The summed E-state index contributed by atoms with van der Waals surface area (Å²) in [7, 11) is 0. The van der Waals surface area contributed by atoms with Gasteiger partial charge >= 0.3 is 0 Å². The van der Waals surface area contributed by atoms with Gasteiger partial charge in [0.1, 0.15) is 0 Å².